The van der Waals surface area contributed by atoms with Crippen LogP contribution in [0.25, 0.3) is 0 Å². The summed E-state index contributed by atoms with van der Waals surface area (Å²) >= 11 is 5.86. The molecule has 13 heteroatoms. The highest BCUT2D eigenvalue weighted by molar-refractivity contribution is 6.30. The molecule has 0 aromatic carbocycles. The Morgan fingerprint density at radius 2 is 2.06 bits per heavy atom. The van der Waals surface area contributed by atoms with Crippen molar-refractivity contribution in [3.63, 3.8) is 0 Å². The Bertz CT molecular complexity index is 805. The Hall–Kier alpha value is -2.15. The molecule has 3 rings (SSSR count). The predicted octanol–water partition coefficient (Wildman–Crippen LogP) is 0.950. The number of hydrogen-bond acceptors (Lipinski definition) is 7. The molecule has 2 fully saturated rings. The minimum absolute atomic E-state index is 0.0374. The highest BCUT2D eigenvalue weighted by Gasteiger charge is 2.51. The number of piperazine rings is 1. The van der Waals surface area contributed by atoms with Gasteiger partial charge >= 0.3 is 6.18 Å². The number of carbonyl (C=O) groups excluding carboxylic acids is 2. The van der Waals surface area contributed by atoms with Gasteiger partial charge in [0.25, 0.3) is 0 Å². The maximum atomic E-state index is 13.2. The first-order chi connectivity index (χ1) is 15.6. The van der Waals surface area contributed by atoms with Gasteiger partial charge in [-0.25, -0.2) is 10.4 Å². The van der Waals surface area contributed by atoms with Gasteiger partial charge in [-0.1, -0.05) is 11.6 Å². The molecule has 184 valence electrons. The topological polar surface area (TPSA) is 98.8 Å². The van der Waals surface area contributed by atoms with Crippen LogP contribution < -0.4 is 21.1 Å². The van der Waals surface area contributed by atoms with E-state index >= 15 is 0 Å². The molecule has 2 aliphatic heterocycles. The largest absolute Gasteiger partial charge is 0.402 e. The monoisotopic (exact) mass is 492 g/mol. The molecule has 2 saturated heterocycles. The zero-order valence-corrected chi connectivity index (χ0v) is 19.0. The summed E-state index contributed by atoms with van der Waals surface area (Å²) in [6.45, 7) is 4.34. The number of halogens is 4. The van der Waals surface area contributed by atoms with Crippen molar-refractivity contribution in [2.24, 2.45) is 5.92 Å². The number of alkyl halides is 3. The molecule has 3 heterocycles. The molecule has 0 bridgehead atoms. The van der Waals surface area contributed by atoms with Crippen molar-refractivity contribution >= 4 is 29.2 Å². The SMILES string of the molecule is C[C@@H](COCCC(=O)N1CCN(c2ccc(Cl)cn2)CC1)NC1CNNC(=O)C1C(F)(F)F. The molecule has 0 aliphatic carbocycles. The molecule has 9 nitrogen and oxygen atoms in total. The number of hydrogen-bond donors (Lipinski definition) is 3. The van der Waals surface area contributed by atoms with Gasteiger partial charge < -0.3 is 19.9 Å². The average molecular weight is 493 g/mol. The van der Waals surface area contributed by atoms with Crippen LogP contribution in [-0.2, 0) is 14.3 Å². The van der Waals surface area contributed by atoms with E-state index in [-0.39, 0.29) is 32.1 Å². The molecule has 1 aromatic heterocycles. The normalized spacial score (nSPS) is 22.8. The molecule has 2 unspecified atom stereocenters. The number of nitrogens with one attached hydrogen (secondary N) is 3. The number of rotatable bonds is 8. The molecule has 3 N–H and O–H groups in total. The highest BCUT2D eigenvalue weighted by atomic mass is 35.5. The molecule has 3 atom stereocenters. The summed E-state index contributed by atoms with van der Waals surface area (Å²) in [4.78, 5) is 32.2. The van der Waals surface area contributed by atoms with Crippen molar-refractivity contribution in [3.8, 4) is 0 Å². The van der Waals surface area contributed by atoms with Crippen molar-refractivity contribution in [1.82, 2.24) is 26.1 Å². The minimum atomic E-state index is -4.65. The third-order valence-electron chi connectivity index (χ3n) is 5.57. The number of nitrogens with zero attached hydrogens (tertiary/aromatic N) is 3. The molecule has 2 amide bonds. The van der Waals surface area contributed by atoms with Crippen molar-refractivity contribution in [1.29, 1.82) is 0 Å². The van der Waals surface area contributed by atoms with E-state index < -0.39 is 30.1 Å². The third kappa shape index (κ3) is 7.16. The van der Waals surface area contributed by atoms with E-state index in [0.29, 0.717) is 31.2 Å². The van der Waals surface area contributed by atoms with Crippen LogP contribution in [0.3, 0.4) is 0 Å². The first-order valence-electron chi connectivity index (χ1n) is 10.7. The van der Waals surface area contributed by atoms with E-state index in [1.807, 2.05) is 11.5 Å². The molecule has 0 radical (unpaired) electrons. The number of hydrazine groups is 1. The number of ether oxygens (including phenoxy) is 1. The van der Waals surface area contributed by atoms with Crippen molar-refractivity contribution in [2.45, 2.75) is 31.6 Å². The fourth-order valence-electron chi connectivity index (χ4n) is 3.89. The van der Waals surface area contributed by atoms with Gasteiger partial charge in [0.2, 0.25) is 11.8 Å². The summed E-state index contributed by atoms with van der Waals surface area (Å²) in [6, 6.07) is 2.08. The lowest BCUT2D eigenvalue weighted by atomic mass is 9.96. The summed E-state index contributed by atoms with van der Waals surface area (Å²) in [5, 5.41) is 3.37. The Morgan fingerprint density at radius 3 is 2.70 bits per heavy atom. The van der Waals surface area contributed by atoms with Crippen LogP contribution >= 0.6 is 11.6 Å². The van der Waals surface area contributed by atoms with Gasteiger partial charge in [-0.2, -0.15) is 13.2 Å². The minimum Gasteiger partial charge on any atom is -0.379 e. The predicted molar refractivity (Wildman–Crippen MR) is 116 cm³/mol. The maximum absolute atomic E-state index is 13.2. The Morgan fingerprint density at radius 1 is 1.33 bits per heavy atom. The van der Waals surface area contributed by atoms with E-state index in [9.17, 15) is 22.8 Å². The lowest BCUT2D eigenvalue weighted by molar-refractivity contribution is -0.193. The second kappa shape index (κ2) is 11.3. The fourth-order valence-corrected chi connectivity index (χ4v) is 4.00. The first-order valence-corrected chi connectivity index (χ1v) is 11.1. The smallest absolute Gasteiger partial charge is 0.379 e. The van der Waals surface area contributed by atoms with Gasteiger partial charge in [0.15, 0.2) is 5.92 Å². The van der Waals surface area contributed by atoms with Crippen LogP contribution in [0.2, 0.25) is 5.02 Å². The van der Waals surface area contributed by atoms with E-state index in [4.69, 9.17) is 16.3 Å². The fraction of sp³-hybridized carbons (Fsp3) is 0.650. The van der Waals surface area contributed by atoms with Crippen LogP contribution in [0, 0.1) is 5.92 Å². The summed E-state index contributed by atoms with van der Waals surface area (Å²) in [5.41, 5.74) is 4.48. The van der Waals surface area contributed by atoms with Crippen LogP contribution in [-0.4, -0.2) is 85.9 Å². The molecule has 1 aromatic rings. The quantitative estimate of drug-likeness (QED) is 0.465. The average Bonchev–Trinajstić information content (AvgIpc) is 2.76. The zero-order valence-electron chi connectivity index (χ0n) is 18.2. The van der Waals surface area contributed by atoms with Crippen LogP contribution in [0.1, 0.15) is 13.3 Å². The van der Waals surface area contributed by atoms with Gasteiger partial charge in [0, 0.05) is 51.0 Å². The number of anilines is 1. The number of aromatic nitrogens is 1. The molecule has 0 saturated carbocycles. The molecular formula is C20H28ClF3N6O3. The zero-order chi connectivity index (χ0) is 24.0. The number of amides is 2. The van der Waals surface area contributed by atoms with E-state index in [1.54, 1.807) is 24.1 Å². The highest BCUT2D eigenvalue weighted by Crippen LogP contribution is 2.30. The second-order valence-corrected chi connectivity index (χ2v) is 8.53. The van der Waals surface area contributed by atoms with Crippen LogP contribution in [0.15, 0.2) is 18.3 Å². The van der Waals surface area contributed by atoms with Gasteiger partial charge in [0.05, 0.1) is 24.7 Å². The number of pyridine rings is 1. The summed E-state index contributed by atoms with van der Waals surface area (Å²) < 4.78 is 45.1. The van der Waals surface area contributed by atoms with Crippen LogP contribution in [0.5, 0.6) is 0 Å². The van der Waals surface area contributed by atoms with Crippen molar-refractivity contribution in [3.05, 3.63) is 23.4 Å². The first kappa shape index (κ1) is 25.5. The van der Waals surface area contributed by atoms with E-state index in [1.165, 1.54) is 0 Å². The van der Waals surface area contributed by atoms with E-state index in [0.717, 1.165) is 5.82 Å². The standard InChI is InChI=1S/C20H28ClF3N6O3/c1-13(27-15-11-26-28-19(32)18(15)20(22,23)24)12-33-9-4-17(31)30-7-5-29(6-8-30)16-3-2-14(21)10-25-16/h2-3,10,13,15,18,26-27H,4-9,11-12H2,1H3,(H,28,32)/t13-,15?,18?/m0/s1. The van der Waals surface area contributed by atoms with Crippen molar-refractivity contribution < 1.29 is 27.5 Å². The van der Waals surface area contributed by atoms with E-state index in [2.05, 4.69) is 20.6 Å². The maximum Gasteiger partial charge on any atom is 0.402 e. The Kier molecular flexibility index (Phi) is 8.74. The number of carbonyl (C=O) groups is 2. The summed E-state index contributed by atoms with van der Waals surface area (Å²) in [5.74, 6) is -2.47. The van der Waals surface area contributed by atoms with Gasteiger partial charge in [-0.15, -0.1) is 0 Å². The summed E-state index contributed by atoms with van der Waals surface area (Å²) in [7, 11) is 0. The molecule has 2 aliphatic rings. The Labute approximate surface area is 194 Å². The lowest BCUT2D eigenvalue weighted by Crippen LogP contribution is -2.64. The third-order valence-corrected chi connectivity index (χ3v) is 5.79. The van der Waals surface area contributed by atoms with Gasteiger partial charge in [-0.05, 0) is 19.1 Å². The van der Waals surface area contributed by atoms with Gasteiger partial charge in [-0.3, -0.25) is 15.0 Å². The molecule has 33 heavy (non-hydrogen) atoms. The van der Waals surface area contributed by atoms with Crippen molar-refractivity contribution in [2.75, 3.05) is 50.8 Å². The lowest BCUT2D eigenvalue weighted by Gasteiger charge is -2.35. The van der Waals surface area contributed by atoms with Crippen LogP contribution in [0.4, 0.5) is 19.0 Å². The Balaban J connectivity index is 1.34. The molecular weight excluding hydrogens is 465 g/mol. The second-order valence-electron chi connectivity index (χ2n) is 8.09. The molecule has 0 spiro atoms. The van der Waals surface area contributed by atoms with Gasteiger partial charge in [0.1, 0.15) is 5.82 Å². The summed E-state index contributed by atoms with van der Waals surface area (Å²) in [6.07, 6.45) is -2.88.